The Morgan fingerprint density at radius 1 is 1.33 bits per heavy atom. The first-order valence-electron chi connectivity index (χ1n) is 9.13. The molecule has 144 valence electrons. The number of aromatic nitrogens is 3. The minimum Gasteiger partial charge on any atom is -0.476 e. The lowest BCUT2D eigenvalue weighted by atomic mass is 9.43. The summed E-state index contributed by atoms with van der Waals surface area (Å²) >= 11 is 6.14. The molecule has 2 heterocycles. The SMILES string of the molecule is CCCCOC(=O)c1ccc(-n2ccc(OCC34CC(F)(C3)C4)n2)nc1Cl. The minimum absolute atomic E-state index is 0.000125. The molecule has 5 rings (SSSR count). The van der Waals surface area contributed by atoms with Crippen molar-refractivity contribution in [3.8, 4) is 11.7 Å². The zero-order chi connectivity index (χ0) is 19.1. The van der Waals surface area contributed by atoms with Gasteiger partial charge in [0, 0.05) is 17.7 Å². The van der Waals surface area contributed by atoms with Gasteiger partial charge in [-0.1, -0.05) is 24.9 Å². The van der Waals surface area contributed by atoms with E-state index in [4.69, 9.17) is 21.1 Å². The van der Waals surface area contributed by atoms with Crippen molar-refractivity contribution >= 4 is 17.6 Å². The number of rotatable bonds is 8. The van der Waals surface area contributed by atoms with Crippen LogP contribution in [-0.4, -0.2) is 39.6 Å². The van der Waals surface area contributed by atoms with Gasteiger partial charge in [-0.25, -0.2) is 18.9 Å². The molecule has 8 heteroatoms. The summed E-state index contributed by atoms with van der Waals surface area (Å²) in [5.74, 6) is 0.433. The number of nitrogens with zero attached hydrogens (tertiary/aromatic N) is 3. The Bertz CT molecular complexity index is 850. The van der Waals surface area contributed by atoms with Crippen molar-refractivity contribution in [2.24, 2.45) is 5.41 Å². The van der Waals surface area contributed by atoms with Crippen molar-refractivity contribution in [3.05, 3.63) is 35.1 Å². The summed E-state index contributed by atoms with van der Waals surface area (Å²) in [5, 5.41) is 4.38. The number of halogens is 2. The van der Waals surface area contributed by atoms with Gasteiger partial charge in [0.2, 0.25) is 5.88 Å². The number of ether oxygens (including phenoxy) is 2. The van der Waals surface area contributed by atoms with E-state index in [9.17, 15) is 9.18 Å². The molecule has 0 saturated heterocycles. The molecule has 2 aromatic rings. The Labute approximate surface area is 161 Å². The molecular weight excluding hydrogens is 373 g/mol. The third kappa shape index (κ3) is 3.52. The second-order valence-corrected chi connectivity index (χ2v) is 7.92. The van der Waals surface area contributed by atoms with Crippen molar-refractivity contribution in [3.63, 3.8) is 0 Å². The second kappa shape index (κ2) is 6.78. The largest absolute Gasteiger partial charge is 0.476 e. The van der Waals surface area contributed by atoms with Crippen LogP contribution in [-0.2, 0) is 4.74 Å². The van der Waals surface area contributed by atoms with Crippen LogP contribution in [0.5, 0.6) is 5.88 Å². The average molecular weight is 394 g/mol. The quantitative estimate of drug-likeness (QED) is 0.383. The third-order valence-corrected chi connectivity index (χ3v) is 5.47. The molecule has 3 fully saturated rings. The van der Waals surface area contributed by atoms with Gasteiger partial charge >= 0.3 is 5.97 Å². The molecule has 2 bridgehead atoms. The Balaban J connectivity index is 1.38. The Hall–Kier alpha value is -2.15. The summed E-state index contributed by atoms with van der Waals surface area (Å²) in [6.45, 7) is 2.86. The van der Waals surface area contributed by atoms with Crippen LogP contribution in [0.3, 0.4) is 0 Å². The normalized spacial score (nSPS) is 25.4. The molecule has 3 aliphatic carbocycles. The van der Waals surface area contributed by atoms with Gasteiger partial charge in [0.1, 0.15) is 10.8 Å². The summed E-state index contributed by atoms with van der Waals surface area (Å²) in [5.41, 5.74) is -0.702. The summed E-state index contributed by atoms with van der Waals surface area (Å²) in [6, 6.07) is 4.94. The molecule has 6 nitrogen and oxygen atoms in total. The first kappa shape index (κ1) is 18.2. The van der Waals surface area contributed by atoms with Crippen LogP contribution in [0.2, 0.25) is 5.15 Å². The van der Waals surface area contributed by atoms with E-state index in [2.05, 4.69) is 10.1 Å². The first-order chi connectivity index (χ1) is 12.9. The van der Waals surface area contributed by atoms with Crippen LogP contribution in [0.4, 0.5) is 4.39 Å². The van der Waals surface area contributed by atoms with Gasteiger partial charge in [0.05, 0.1) is 18.8 Å². The van der Waals surface area contributed by atoms with E-state index in [1.165, 1.54) is 4.68 Å². The standard InChI is InChI=1S/C19H21ClFN3O3/c1-2-3-8-26-17(25)13-4-5-14(22-16(13)20)24-7-6-15(23-24)27-12-18-9-19(21,10-18)11-18/h4-7H,2-3,8-12H2,1H3. The zero-order valence-electron chi connectivity index (χ0n) is 15.1. The third-order valence-electron chi connectivity index (χ3n) is 5.19. The van der Waals surface area contributed by atoms with Crippen molar-refractivity contribution in [2.45, 2.75) is 44.7 Å². The fraction of sp³-hybridized carbons (Fsp3) is 0.526. The molecule has 0 radical (unpaired) electrons. The lowest BCUT2D eigenvalue weighted by Crippen LogP contribution is -2.66. The number of hydrogen-bond donors (Lipinski definition) is 0. The van der Waals surface area contributed by atoms with Gasteiger partial charge in [-0.05, 0) is 37.8 Å². The molecule has 0 unspecified atom stereocenters. The van der Waals surface area contributed by atoms with Crippen molar-refractivity contribution < 1.29 is 18.7 Å². The summed E-state index contributed by atoms with van der Waals surface area (Å²) < 4.78 is 25.9. The van der Waals surface area contributed by atoms with E-state index in [1.807, 2.05) is 6.92 Å². The molecule has 2 aromatic heterocycles. The molecular formula is C19H21ClFN3O3. The highest BCUT2D eigenvalue weighted by Crippen LogP contribution is 2.69. The summed E-state index contributed by atoms with van der Waals surface area (Å²) in [4.78, 5) is 16.2. The maximum atomic E-state index is 13.6. The van der Waals surface area contributed by atoms with Gasteiger partial charge < -0.3 is 9.47 Å². The molecule has 3 saturated carbocycles. The molecule has 27 heavy (non-hydrogen) atoms. The maximum Gasteiger partial charge on any atom is 0.341 e. The number of pyridine rings is 1. The molecule has 0 aliphatic heterocycles. The number of alkyl halides is 1. The molecule has 0 atom stereocenters. The topological polar surface area (TPSA) is 66.2 Å². The number of carbonyl (C=O) groups is 1. The number of hydrogen-bond acceptors (Lipinski definition) is 5. The van der Waals surface area contributed by atoms with Gasteiger partial charge in [-0.2, -0.15) is 0 Å². The van der Waals surface area contributed by atoms with Gasteiger partial charge in [0.15, 0.2) is 5.82 Å². The lowest BCUT2D eigenvalue weighted by Gasteiger charge is -2.65. The predicted molar refractivity (Wildman–Crippen MR) is 97.2 cm³/mol. The zero-order valence-corrected chi connectivity index (χ0v) is 15.8. The second-order valence-electron chi connectivity index (χ2n) is 7.57. The van der Waals surface area contributed by atoms with Crippen molar-refractivity contribution in [1.82, 2.24) is 14.8 Å². The van der Waals surface area contributed by atoms with E-state index in [-0.39, 0.29) is 16.1 Å². The fourth-order valence-corrected chi connectivity index (χ4v) is 4.07. The van der Waals surface area contributed by atoms with E-state index in [0.717, 1.165) is 12.8 Å². The number of carbonyl (C=O) groups excluding carboxylic acids is 1. The van der Waals surface area contributed by atoms with Crippen molar-refractivity contribution in [1.29, 1.82) is 0 Å². The Morgan fingerprint density at radius 3 is 2.78 bits per heavy atom. The van der Waals surface area contributed by atoms with Crippen LogP contribution in [0.15, 0.2) is 24.4 Å². The van der Waals surface area contributed by atoms with Crippen LogP contribution >= 0.6 is 11.6 Å². The monoisotopic (exact) mass is 393 g/mol. The fourth-order valence-electron chi connectivity index (χ4n) is 3.84. The molecule has 0 N–H and O–H groups in total. The van der Waals surface area contributed by atoms with Crippen LogP contribution in [0, 0.1) is 5.41 Å². The molecule has 0 aromatic carbocycles. The average Bonchev–Trinajstić information content (AvgIpc) is 3.06. The van der Waals surface area contributed by atoms with Crippen LogP contribution in [0.25, 0.3) is 5.82 Å². The Kier molecular flexibility index (Phi) is 4.58. The van der Waals surface area contributed by atoms with Gasteiger partial charge in [-0.15, -0.1) is 5.10 Å². The van der Waals surface area contributed by atoms with Crippen LogP contribution in [0.1, 0.15) is 49.4 Å². The van der Waals surface area contributed by atoms with E-state index in [0.29, 0.717) is 44.2 Å². The first-order valence-corrected chi connectivity index (χ1v) is 9.51. The smallest absolute Gasteiger partial charge is 0.341 e. The molecule has 0 spiro atoms. The maximum absolute atomic E-state index is 13.6. The molecule has 0 amide bonds. The van der Waals surface area contributed by atoms with Gasteiger partial charge in [-0.3, -0.25) is 0 Å². The highest BCUT2D eigenvalue weighted by molar-refractivity contribution is 6.32. The van der Waals surface area contributed by atoms with E-state index in [1.54, 1.807) is 24.4 Å². The summed E-state index contributed by atoms with van der Waals surface area (Å²) in [7, 11) is 0. The van der Waals surface area contributed by atoms with E-state index >= 15 is 0 Å². The highest BCUT2D eigenvalue weighted by Gasteiger charge is 2.69. The van der Waals surface area contributed by atoms with E-state index < -0.39 is 11.6 Å². The van der Waals surface area contributed by atoms with Crippen molar-refractivity contribution in [2.75, 3.05) is 13.2 Å². The Morgan fingerprint density at radius 2 is 2.11 bits per heavy atom. The predicted octanol–water partition coefficient (Wildman–Crippen LogP) is 4.15. The number of unbranched alkanes of at least 4 members (excludes halogenated alkanes) is 1. The molecule has 3 aliphatic rings. The lowest BCUT2D eigenvalue weighted by molar-refractivity contribution is -0.226. The van der Waals surface area contributed by atoms with Crippen LogP contribution < -0.4 is 4.74 Å². The summed E-state index contributed by atoms with van der Waals surface area (Å²) in [6.07, 6.45) is 5.22. The van der Waals surface area contributed by atoms with Gasteiger partial charge in [0.25, 0.3) is 0 Å². The number of esters is 1. The highest BCUT2D eigenvalue weighted by atomic mass is 35.5. The minimum atomic E-state index is -0.928.